The maximum atomic E-state index is 11.9. The van der Waals surface area contributed by atoms with Crippen molar-refractivity contribution in [1.29, 1.82) is 0 Å². The number of amides is 1. The van der Waals surface area contributed by atoms with Crippen LogP contribution in [-0.2, 0) is 0 Å². The van der Waals surface area contributed by atoms with Gasteiger partial charge in [0.05, 0.1) is 0 Å². The number of hydrogen-bond donors (Lipinski definition) is 1. The lowest BCUT2D eigenvalue weighted by Crippen LogP contribution is -2.34. The summed E-state index contributed by atoms with van der Waals surface area (Å²) >= 11 is 3.43. The molecule has 18 heavy (non-hydrogen) atoms. The number of nitrogens with zero attached hydrogens (tertiary/aromatic N) is 1. The van der Waals surface area contributed by atoms with Crippen LogP contribution in [0, 0.1) is 6.92 Å². The molecule has 100 valence electrons. The molecule has 1 aromatic carbocycles. The number of carbonyl (C=O) groups is 1. The minimum absolute atomic E-state index is 0.00208. The van der Waals surface area contributed by atoms with Crippen molar-refractivity contribution in [3.05, 3.63) is 33.8 Å². The number of carbonyl (C=O) groups excluding carboxylic acids is 1. The maximum Gasteiger partial charge on any atom is 0.251 e. The van der Waals surface area contributed by atoms with Crippen molar-refractivity contribution in [2.75, 3.05) is 26.2 Å². The van der Waals surface area contributed by atoms with Crippen molar-refractivity contribution >= 4 is 21.8 Å². The van der Waals surface area contributed by atoms with E-state index in [-0.39, 0.29) is 5.91 Å². The molecule has 0 bridgehead atoms. The van der Waals surface area contributed by atoms with Gasteiger partial charge in [0.2, 0.25) is 0 Å². The Balaban J connectivity index is 2.48. The molecular weight excluding hydrogens is 292 g/mol. The monoisotopic (exact) mass is 312 g/mol. The molecule has 0 fully saturated rings. The van der Waals surface area contributed by atoms with E-state index in [1.807, 2.05) is 25.1 Å². The summed E-state index contributed by atoms with van der Waals surface area (Å²) < 4.78 is 1.03. The summed E-state index contributed by atoms with van der Waals surface area (Å²) in [4.78, 5) is 14.2. The maximum absolute atomic E-state index is 11.9. The van der Waals surface area contributed by atoms with Crippen molar-refractivity contribution < 1.29 is 4.79 Å². The first-order valence-electron chi connectivity index (χ1n) is 6.35. The summed E-state index contributed by atoms with van der Waals surface area (Å²) in [6, 6.07) is 5.65. The molecule has 1 amide bonds. The molecule has 0 spiro atoms. The predicted molar refractivity (Wildman–Crippen MR) is 79.0 cm³/mol. The third kappa shape index (κ3) is 4.42. The number of rotatable bonds is 6. The van der Waals surface area contributed by atoms with Crippen LogP contribution in [0.4, 0.5) is 0 Å². The fourth-order valence-electron chi connectivity index (χ4n) is 1.76. The second-order valence-electron chi connectivity index (χ2n) is 4.25. The van der Waals surface area contributed by atoms with E-state index in [2.05, 4.69) is 40.0 Å². The van der Waals surface area contributed by atoms with E-state index in [0.717, 1.165) is 35.2 Å². The minimum Gasteiger partial charge on any atom is -0.351 e. The molecule has 0 saturated heterocycles. The summed E-state index contributed by atoms with van der Waals surface area (Å²) in [5, 5.41) is 2.95. The van der Waals surface area contributed by atoms with E-state index >= 15 is 0 Å². The third-order valence-electron chi connectivity index (χ3n) is 3.03. The zero-order chi connectivity index (χ0) is 13.5. The van der Waals surface area contributed by atoms with Crippen LogP contribution in [-0.4, -0.2) is 37.0 Å². The average Bonchev–Trinajstić information content (AvgIpc) is 2.37. The van der Waals surface area contributed by atoms with Gasteiger partial charge in [-0.1, -0.05) is 29.8 Å². The van der Waals surface area contributed by atoms with Gasteiger partial charge in [0.15, 0.2) is 0 Å². The molecule has 0 aliphatic carbocycles. The quantitative estimate of drug-likeness (QED) is 0.876. The first-order valence-corrected chi connectivity index (χ1v) is 7.14. The Bertz CT molecular complexity index is 403. The molecular formula is C14H21BrN2O. The Morgan fingerprint density at radius 2 is 2.00 bits per heavy atom. The molecule has 0 saturated carbocycles. The van der Waals surface area contributed by atoms with E-state index < -0.39 is 0 Å². The van der Waals surface area contributed by atoms with Crippen molar-refractivity contribution in [3.8, 4) is 0 Å². The molecule has 0 atom stereocenters. The highest BCUT2D eigenvalue weighted by molar-refractivity contribution is 9.10. The molecule has 0 unspecified atom stereocenters. The molecule has 1 N–H and O–H groups in total. The molecule has 0 aliphatic heterocycles. The summed E-state index contributed by atoms with van der Waals surface area (Å²) in [5.74, 6) is -0.00208. The molecule has 0 heterocycles. The highest BCUT2D eigenvalue weighted by Gasteiger charge is 2.07. The molecule has 3 nitrogen and oxygen atoms in total. The van der Waals surface area contributed by atoms with E-state index in [1.54, 1.807) is 0 Å². The largest absolute Gasteiger partial charge is 0.351 e. The molecule has 0 radical (unpaired) electrons. The smallest absolute Gasteiger partial charge is 0.251 e. The highest BCUT2D eigenvalue weighted by atomic mass is 79.9. The molecule has 1 aromatic rings. The standard InChI is InChI=1S/C14H21BrN2O/c1-4-17(5-2)9-8-16-14(18)12-6-7-13(15)11(3)10-12/h6-7,10H,4-5,8-9H2,1-3H3,(H,16,18). The van der Waals surface area contributed by atoms with Gasteiger partial charge in [0.25, 0.3) is 5.91 Å². The SMILES string of the molecule is CCN(CC)CCNC(=O)c1ccc(Br)c(C)c1. The Kier molecular flexibility index (Phi) is 6.36. The Morgan fingerprint density at radius 1 is 1.33 bits per heavy atom. The van der Waals surface area contributed by atoms with Crippen molar-refractivity contribution in [2.24, 2.45) is 0 Å². The molecule has 1 rings (SSSR count). The van der Waals surface area contributed by atoms with Gasteiger partial charge in [-0.2, -0.15) is 0 Å². The fourth-order valence-corrected chi connectivity index (χ4v) is 2.00. The lowest BCUT2D eigenvalue weighted by Gasteiger charge is -2.18. The lowest BCUT2D eigenvalue weighted by atomic mass is 10.1. The summed E-state index contributed by atoms with van der Waals surface area (Å²) in [7, 11) is 0. The molecule has 0 aliphatic rings. The Hall–Kier alpha value is -0.870. The van der Waals surface area contributed by atoms with E-state index in [9.17, 15) is 4.79 Å². The van der Waals surface area contributed by atoms with Crippen LogP contribution < -0.4 is 5.32 Å². The van der Waals surface area contributed by atoms with Crippen LogP contribution in [0.25, 0.3) is 0 Å². The second kappa shape index (κ2) is 7.54. The normalized spacial score (nSPS) is 10.7. The van der Waals surface area contributed by atoms with Gasteiger partial charge >= 0.3 is 0 Å². The number of halogens is 1. The van der Waals surface area contributed by atoms with Gasteiger partial charge in [-0.15, -0.1) is 0 Å². The number of hydrogen-bond acceptors (Lipinski definition) is 2. The van der Waals surface area contributed by atoms with E-state index in [0.29, 0.717) is 6.54 Å². The highest BCUT2D eigenvalue weighted by Crippen LogP contribution is 2.16. The topological polar surface area (TPSA) is 32.3 Å². The van der Waals surface area contributed by atoms with E-state index in [4.69, 9.17) is 0 Å². The van der Waals surface area contributed by atoms with Gasteiger partial charge in [-0.25, -0.2) is 0 Å². The molecule has 0 aromatic heterocycles. The zero-order valence-corrected chi connectivity index (χ0v) is 12.9. The van der Waals surface area contributed by atoms with Gasteiger partial charge in [0, 0.05) is 23.1 Å². The van der Waals surface area contributed by atoms with Crippen molar-refractivity contribution in [2.45, 2.75) is 20.8 Å². The summed E-state index contributed by atoms with van der Waals surface area (Å²) in [5.41, 5.74) is 1.79. The zero-order valence-electron chi connectivity index (χ0n) is 11.3. The van der Waals surface area contributed by atoms with Crippen molar-refractivity contribution in [3.63, 3.8) is 0 Å². The first-order chi connectivity index (χ1) is 8.58. The third-order valence-corrected chi connectivity index (χ3v) is 3.92. The van der Waals surface area contributed by atoms with Crippen LogP contribution in [0.15, 0.2) is 22.7 Å². The van der Waals surface area contributed by atoms with Crippen LogP contribution >= 0.6 is 15.9 Å². The Labute approximate surface area is 118 Å². The number of benzene rings is 1. The number of likely N-dealkylation sites (N-methyl/N-ethyl adjacent to an activating group) is 1. The van der Waals surface area contributed by atoms with Crippen LogP contribution in [0.2, 0.25) is 0 Å². The second-order valence-corrected chi connectivity index (χ2v) is 5.10. The van der Waals surface area contributed by atoms with Crippen LogP contribution in [0.1, 0.15) is 29.8 Å². The van der Waals surface area contributed by atoms with Gasteiger partial charge < -0.3 is 10.2 Å². The summed E-state index contributed by atoms with van der Waals surface area (Å²) in [6.45, 7) is 9.86. The minimum atomic E-state index is -0.00208. The lowest BCUT2D eigenvalue weighted by molar-refractivity contribution is 0.0949. The number of nitrogens with one attached hydrogen (secondary N) is 1. The first kappa shape index (κ1) is 15.2. The predicted octanol–water partition coefficient (Wildman–Crippen LogP) is 2.83. The Morgan fingerprint density at radius 3 is 2.56 bits per heavy atom. The van der Waals surface area contributed by atoms with Gasteiger partial charge in [-0.3, -0.25) is 4.79 Å². The fraction of sp³-hybridized carbons (Fsp3) is 0.500. The summed E-state index contributed by atoms with van der Waals surface area (Å²) in [6.07, 6.45) is 0. The number of aryl methyl sites for hydroxylation is 1. The van der Waals surface area contributed by atoms with Crippen LogP contribution in [0.3, 0.4) is 0 Å². The van der Waals surface area contributed by atoms with Crippen molar-refractivity contribution in [1.82, 2.24) is 10.2 Å². The van der Waals surface area contributed by atoms with Gasteiger partial charge in [0.1, 0.15) is 0 Å². The molecule has 4 heteroatoms. The average molecular weight is 313 g/mol. The van der Waals surface area contributed by atoms with E-state index in [1.165, 1.54) is 0 Å². The van der Waals surface area contributed by atoms with Gasteiger partial charge in [-0.05, 0) is 43.8 Å². The van der Waals surface area contributed by atoms with Crippen LogP contribution in [0.5, 0.6) is 0 Å².